The number of rotatable bonds is 2. The van der Waals surface area contributed by atoms with Crippen molar-refractivity contribution >= 4 is 6.29 Å². The van der Waals surface area contributed by atoms with Gasteiger partial charge < -0.3 is 4.79 Å². The zero-order valence-electron chi connectivity index (χ0n) is 11.0. The maximum atomic E-state index is 11.0. The van der Waals surface area contributed by atoms with Gasteiger partial charge in [-0.05, 0) is 48.9 Å². The van der Waals surface area contributed by atoms with Crippen LogP contribution in [-0.2, 0) is 4.79 Å². The number of hydrogen-bond acceptors (Lipinski definition) is 1. The Balaban J connectivity index is 2.12. The molecule has 1 heteroatoms. The largest absolute Gasteiger partial charge is 0.303 e. The molecule has 0 radical (unpaired) electrons. The van der Waals surface area contributed by atoms with E-state index in [4.69, 9.17) is 0 Å². The smallest absolute Gasteiger partial charge is 0.123 e. The van der Waals surface area contributed by atoms with Crippen molar-refractivity contribution < 1.29 is 4.79 Å². The lowest BCUT2D eigenvalue weighted by Crippen LogP contribution is -2.40. The lowest BCUT2D eigenvalue weighted by atomic mass is 9.57. The molecule has 2 aliphatic carbocycles. The van der Waals surface area contributed by atoms with Crippen LogP contribution in [0.4, 0.5) is 0 Å². The molecule has 92 valence electrons. The summed E-state index contributed by atoms with van der Waals surface area (Å²) in [6.07, 6.45) is 8.02. The molecule has 0 aromatic carbocycles. The molecule has 2 aliphatic rings. The molecule has 0 spiro atoms. The summed E-state index contributed by atoms with van der Waals surface area (Å²) < 4.78 is 0. The molecule has 2 saturated carbocycles. The van der Waals surface area contributed by atoms with Gasteiger partial charge in [-0.25, -0.2) is 0 Å². The molecule has 0 aromatic rings. The molecule has 0 bridgehead atoms. The Hall–Kier alpha value is -0.330. The van der Waals surface area contributed by atoms with Crippen LogP contribution in [0.25, 0.3) is 0 Å². The predicted molar refractivity (Wildman–Crippen MR) is 67.1 cm³/mol. The lowest BCUT2D eigenvalue weighted by Gasteiger charge is -2.48. The minimum atomic E-state index is 0.283. The highest BCUT2D eigenvalue weighted by atomic mass is 16.1. The number of carbonyl (C=O) groups excluding carboxylic acids is 1. The zero-order chi connectivity index (χ0) is 11.7. The number of carbonyl (C=O) groups is 1. The van der Waals surface area contributed by atoms with Crippen LogP contribution in [0.5, 0.6) is 0 Å². The van der Waals surface area contributed by atoms with E-state index in [1.165, 1.54) is 38.4 Å². The molecule has 2 rings (SSSR count). The highest BCUT2D eigenvalue weighted by Crippen LogP contribution is 2.49. The van der Waals surface area contributed by atoms with E-state index >= 15 is 0 Å². The van der Waals surface area contributed by atoms with Crippen molar-refractivity contribution in [2.75, 3.05) is 0 Å². The standard InChI is InChI=1S/C15H26O/c1-10-4-6-13-11(2)5-7-14(12(3)9-16)15(13)8-10/h9-15H,4-8H2,1-3H3/t10?,11-,12+,13?,14?,15?/m1/s1. The SMILES string of the molecule is CC1CCC2C(C1)C([C@@H](C)C=O)CC[C@H]2C. The molecular formula is C15H26O. The van der Waals surface area contributed by atoms with Crippen molar-refractivity contribution in [3.8, 4) is 0 Å². The van der Waals surface area contributed by atoms with Crippen molar-refractivity contribution in [3.63, 3.8) is 0 Å². The first-order chi connectivity index (χ1) is 7.63. The topological polar surface area (TPSA) is 17.1 Å². The van der Waals surface area contributed by atoms with Gasteiger partial charge in [0.1, 0.15) is 6.29 Å². The monoisotopic (exact) mass is 222 g/mol. The molecular weight excluding hydrogens is 196 g/mol. The average Bonchev–Trinajstić information content (AvgIpc) is 2.28. The quantitative estimate of drug-likeness (QED) is 0.647. The summed E-state index contributed by atoms with van der Waals surface area (Å²) in [7, 11) is 0. The van der Waals surface area contributed by atoms with Crippen LogP contribution >= 0.6 is 0 Å². The first kappa shape index (κ1) is 12.1. The molecule has 2 fully saturated rings. The van der Waals surface area contributed by atoms with Gasteiger partial charge in [0.05, 0.1) is 0 Å². The summed E-state index contributed by atoms with van der Waals surface area (Å²) in [5.41, 5.74) is 0. The van der Waals surface area contributed by atoms with Crippen molar-refractivity contribution in [1.29, 1.82) is 0 Å². The summed E-state index contributed by atoms with van der Waals surface area (Å²) in [5, 5.41) is 0. The van der Waals surface area contributed by atoms with Crippen LogP contribution < -0.4 is 0 Å². The molecule has 0 aromatic heterocycles. The first-order valence-corrected chi connectivity index (χ1v) is 7.08. The third-order valence-electron chi connectivity index (χ3n) is 5.34. The van der Waals surface area contributed by atoms with E-state index in [0.717, 1.165) is 23.7 Å². The fourth-order valence-corrected chi connectivity index (χ4v) is 4.28. The van der Waals surface area contributed by atoms with E-state index in [1.807, 2.05) is 0 Å². The molecule has 0 saturated heterocycles. The fraction of sp³-hybridized carbons (Fsp3) is 0.933. The van der Waals surface area contributed by atoms with Crippen LogP contribution in [-0.4, -0.2) is 6.29 Å². The second-order valence-corrected chi connectivity index (χ2v) is 6.46. The highest BCUT2D eigenvalue weighted by molar-refractivity contribution is 5.53. The molecule has 16 heavy (non-hydrogen) atoms. The Morgan fingerprint density at radius 3 is 2.50 bits per heavy atom. The van der Waals surface area contributed by atoms with Crippen molar-refractivity contribution in [1.82, 2.24) is 0 Å². The molecule has 0 aliphatic heterocycles. The highest BCUT2D eigenvalue weighted by Gasteiger charge is 2.41. The van der Waals surface area contributed by atoms with E-state index < -0.39 is 0 Å². The third-order valence-corrected chi connectivity index (χ3v) is 5.34. The van der Waals surface area contributed by atoms with Gasteiger partial charge in [-0.15, -0.1) is 0 Å². The Morgan fingerprint density at radius 2 is 1.81 bits per heavy atom. The van der Waals surface area contributed by atoms with Crippen molar-refractivity contribution in [2.24, 2.45) is 35.5 Å². The summed E-state index contributed by atoms with van der Waals surface area (Å²) in [4.78, 5) is 11.0. The third kappa shape index (κ3) is 2.19. The molecule has 6 atom stereocenters. The fourth-order valence-electron chi connectivity index (χ4n) is 4.28. The maximum absolute atomic E-state index is 11.0. The van der Waals surface area contributed by atoms with Crippen LogP contribution in [0.1, 0.15) is 52.9 Å². The molecule has 0 N–H and O–H groups in total. The van der Waals surface area contributed by atoms with Crippen LogP contribution in [0, 0.1) is 35.5 Å². The zero-order valence-corrected chi connectivity index (χ0v) is 11.0. The molecule has 4 unspecified atom stereocenters. The maximum Gasteiger partial charge on any atom is 0.123 e. The van der Waals surface area contributed by atoms with Crippen LogP contribution in [0.2, 0.25) is 0 Å². The van der Waals surface area contributed by atoms with E-state index in [9.17, 15) is 4.79 Å². The van der Waals surface area contributed by atoms with Gasteiger partial charge in [0.25, 0.3) is 0 Å². The summed E-state index contributed by atoms with van der Waals surface area (Å²) in [5.74, 6) is 4.50. The minimum absolute atomic E-state index is 0.283. The van der Waals surface area contributed by atoms with E-state index in [1.54, 1.807) is 0 Å². The Morgan fingerprint density at radius 1 is 1.06 bits per heavy atom. The Bertz CT molecular complexity index is 248. The molecule has 0 amide bonds. The predicted octanol–water partition coefficient (Wildman–Crippen LogP) is 3.92. The summed E-state index contributed by atoms with van der Waals surface area (Å²) in [6.45, 7) is 6.94. The Kier molecular flexibility index (Phi) is 3.71. The minimum Gasteiger partial charge on any atom is -0.303 e. The van der Waals surface area contributed by atoms with Crippen molar-refractivity contribution in [2.45, 2.75) is 52.9 Å². The summed E-state index contributed by atoms with van der Waals surface area (Å²) >= 11 is 0. The van der Waals surface area contributed by atoms with E-state index in [0.29, 0.717) is 5.92 Å². The second-order valence-electron chi connectivity index (χ2n) is 6.46. The average molecular weight is 222 g/mol. The van der Waals surface area contributed by atoms with Gasteiger partial charge in [0.15, 0.2) is 0 Å². The number of hydrogen-bond donors (Lipinski definition) is 0. The summed E-state index contributed by atoms with van der Waals surface area (Å²) in [6, 6.07) is 0. The Labute approximate surface area is 100.0 Å². The van der Waals surface area contributed by atoms with E-state index in [2.05, 4.69) is 20.8 Å². The van der Waals surface area contributed by atoms with E-state index in [-0.39, 0.29) is 5.92 Å². The first-order valence-electron chi connectivity index (χ1n) is 7.08. The van der Waals surface area contributed by atoms with Crippen molar-refractivity contribution in [3.05, 3.63) is 0 Å². The lowest BCUT2D eigenvalue weighted by molar-refractivity contribution is -0.114. The van der Waals surface area contributed by atoms with Gasteiger partial charge in [0.2, 0.25) is 0 Å². The van der Waals surface area contributed by atoms with Gasteiger partial charge >= 0.3 is 0 Å². The van der Waals surface area contributed by atoms with Gasteiger partial charge in [-0.3, -0.25) is 0 Å². The van der Waals surface area contributed by atoms with Gasteiger partial charge in [-0.2, -0.15) is 0 Å². The number of aldehydes is 1. The number of fused-ring (bicyclic) bond motifs is 1. The second kappa shape index (κ2) is 4.89. The molecule has 0 heterocycles. The van der Waals surface area contributed by atoms with Gasteiger partial charge in [-0.1, -0.05) is 33.6 Å². The normalized spacial score (nSPS) is 45.8. The van der Waals surface area contributed by atoms with Crippen LogP contribution in [0.3, 0.4) is 0 Å². The molecule has 1 nitrogen and oxygen atoms in total. The van der Waals surface area contributed by atoms with Crippen LogP contribution in [0.15, 0.2) is 0 Å². The van der Waals surface area contributed by atoms with Gasteiger partial charge in [0, 0.05) is 5.92 Å².